The molecule has 0 aliphatic heterocycles. The van der Waals surface area contributed by atoms with Gasteiger partial charge < -0.3 is 5.32 Å². The summed E-state index contributed by atoms with van der Waals surface area (Å²) in [7, 11) is 0. The van der Waals surface area contributed by atoms with Gasteiger partial charge in [-0.1, -0.05) is 18.2 Å². The summed E-state index contributed by atoms with van der Waals surface area (Å²) in [5.41, 5.74) is 3.64. The van der Waals surface area contributed by atoms with Gasteiger partial charge in [0.15, 0.2) is 0 Å². The molecule has 3 aromatic rings. The third-order valence-electron chi connectivity index (χ3n) is 3.05. The van der Waals surface area contributed by atoms with Crippen molar-refractivity contribution in [2.45, 2.75) is 13.8 Å². The molecule has 3 rings (SSSR count). The van der Waals surface area contributed by atoms with E-state index >= 15 is 0 Å². The van der Waals surface area contributed by atoms with Crippen molar-refractivity contribution < 1.29 is 0 Å². The fourth-order valence-electron chi connectivity index (χ4n) is 2.05. The number of hydrogen-bond acceptors (Lipinski definition) is 5. The maximum Gasteiger partial charge on any atom is 0.224 e. The predicted octanol–water partition coefficient (Wildman–Crippen LogP) is 3.43. The van der Waals surface area contributed by atoms with Gasteiger partial charge >= 0.3 is 0 Å². The van der Waals surface area contributed by atoms with E-state index in [1.54, 1.807) is 12.3 Å². The summed E-state index contributed by atoms with van der Waals surface area (Å²) in [6.07, 6.45) is 1.61. The Labute approximate surface area is 121 Å². The normalized spacial score (nSPS) is 10.8. The van der Waals surface area contributed by atoms with Crippen molar-refractivity contribution in [3.63, 3.8) is 0 Å². The van der Waals surface area contributed by atoms with Crippen LogP contribution >= 0.6 is 11.6 Å². The Kier molecular flexibility index (Phi) is 3.20. The van der Waals surface area contributed by atoms with Crippen molar-refractivity contribution in [3.05, 3.63) is 47.0 Å². The zero-order valence-electron chi connectivity index (χ0n) is 11.1. The van der Waals surface area contributed by atoms with Crippen LogP contribution < -0.4 is 5.32 Å². The molecule has 1 N–H and O–H groups in total. The van der Waals surface area contributed by atoms with E-state index in [1.807, 2.05) is 32.0 Å². The first-order valence-electron chi connectivity index (χ1n) is 6.13. The summed E-state index contributed by atoms with van der Waals surface area (Å²) in [6.45, 7) is 3.91. The number of anilines is 2. The van der Waals surface area contributed by atoms with Crippen LogP contribution in [0.2, 0.25) is 5.28 Å². The van der Waals surface area contributed by atoms with Crippen molar-refractivity contribution in [2.24, 2.45) is 0 Å². The van der Waals surface area contributed by atoms with Crippen LogP contribution in [0.4, 0.5) is 11.5 Å². The second kappa shape index (κ2) is 5.02. The Morgan fingerprint density at radius 3 is 2.75 bits per heavy atom. The molecule has 6 heteroatoms. The molecule has 100 valence electrons. The van der Waals surface area contributed by atoms with E-state index in [4.69, 9.17) is 11.6 Å². The minimum atomic E-state index is 0.204. The third-order valence-corrected chi connectivity index (χ3v) is 3.23. The highest BCUT2D eigenvalue weighted by Gasteiger charge is 2.10. The molecule has 2 aromatic heterocycles. The van der Waals surface area contributed by atoms with Gasteiger partial charge in [0.1, 0.15) is 5.82 Å². The SMILES string of the molecule is Cc1nnc2c(C)cccc2c1Nc1ccnc(Cl)n1. The molecule has 0 amide bonds. The van der Waals surface area contributed by atoms with E-state index in [9.17, 15) is 0 Å². The zero-order chi connectivity index (χ0) is 14.1. The van der Waals surface area contributed by atoms with Gasteiger partial charge in [0.05, 0.1) is 16.9 Å². The standard InChI is InChI=1S/C14H12ClN5/c1-8-4-3-5-10-12(8)20-19-9(2)13(10)17-11-6-7-16-14(15)18-11/h3-7H,1-2H3,(H,16,17,18,20). The Balaban J connectivity index is 2.15. The lowest BCUT2D eigenvalue weighted by atomic mass is 10.1. The van der Waals surface area contributed by atoms with Gasteiger partial charge in [-0.15, -0.1) is 5.10 Å². The van der Waals surface area contributed by atoms with Crippen LogP contribution in [0.15, 0.2) is 30.5 Å². The average molecular weight is 286 g/mol. The first-order chi connectivity index (χ1) is 9.65. The molecule has 0 atom stereocenters. The largest absolute Gasteiger partial charge is 0.338 e. The Morgan fingerprint density at radius 1 is 1.10 bits per heavy atom. The third kappa shape index (κ3) is 2.28. The minimum Gasteiger partial charge on any atom is -0.338 e. The highest BCUT2D eigenvalue weighted by Crippen LogP contribution is 2.28. The van der Waals surface area contributed by atoms with E-state index < -0.39 is 0 Å². The number of rotatable bonds is 2. The van der Waals surface area contributed by atoms with Crippen LogP contribution in [0, 0.1) is 13.8 Å². The Hall–Kier alpha value is -2.27. The average Bonchev–Trinajstić information content (AvgIpc) is 2.42. The van der Waals surface area contributed by atoms with Crippen LogP contribution in [0.5, 0.6) is 0 Å². The van der Waals surface area contributed by atoms with Gasteiger partial charge in [-0.25, -0.2) is 9.97 Å². The predicted molar refractivity (Wildman–Crippen MR) is 79.3 cm³/mol. The number of aryl methyl sites for hydroxylation is 2. The summed E-state index contributed by atoms with van der Waals surface area (Å²) in [5.74, 6) is 0.629. The maximum absolute atomic E-state index is 5.80. The van der Waals surface area contributed by atoms with Crippen molar-refractivity contribution in [3.8, 4) is 0 Å². The van der Waals surface area contributed by atoms with E-state index in [1.165, 1.54) is 0 Å². The van der Waals surface area contributed by atoms with E-state index in [0.29, 0.717) is 5.82 Å². The van der Waals surface area contributed by atoms with Crippen LogP contribution in [0.3, 0.4) is 0 Å². The van der Waals surface area contributed by atoms with Gasteiger partial charge in [-0.2, -0.15) is 5.10 Å². The molecular weight excluding hydrogens is 274 g/mol. The van der Waals surface area contributed by atoms with E-state index in [2.05, 4.69) is 25.5 Å². The second-order valence-electron chi connectivity index (χ2n) is 4.47. The fourth-order valence-corrected chi connectivity index (χ4v) is 2.20. The van der Waals surface area contributed by atoms with Gasteiger partial charge in [0, 0.05) is 11.6 Å². The molecule has 0 bridgehead atoms. The molecule has 5 nitrogen and oxygen atoms in total. The minimum absolute atomic E-state index is 0.204. The molecule has 0 saturated carbocycles. The summed E-state index contributed by atoms with van der Waals surface area (Å²) in [5, 5.41) is 12.9. The van der Waals surface area contributed by atoms with Gasteiger partial charge in [0.25, 0.3) is 0 Å². The van der Waals surface area contributed by atoms with Gasteiger partial charge in [0.2, 0.25) is 5.28 Å². The van der Waals surface area contributed by atoms with E-state index in [0.717, 1.165) is 27.8 Å². The lowest BCUT2D eigenvalue weighted by Gasteiger charge is -2.11. The summed E-state index contributed by atoms with van der Waals surface area (Å²) >= 11 is 5.80. The smallest absolute Gasteiger partial charge is 0.224 e. The van der Waals surface area contributed by atoms with Crippen molar-refractivity contribution in [1.29, 1.82) is 0 Å². The number of nitrogens with one attached hydrogen (secondary N) is 1. The molecule has 20 heavy (non-hydrogen) atoms. The van der Waals surface area contributed by atoms with Gasteiger partial charge in [-0.05, 0) is 37.1 Å². The lowest BCUT2D eigenvalue weighted by Crippen LogP contribution is -2.01. The number of nitrogens with zero attached hydrogens (tertiary/aromatic N) is 4. The summed E-state index contributed by atoms with van der Waals surface area (Å²) in [6, 6.07) is 7.77. The monoisotopic (exact) mass is 285 g/mol. The number of fused-ring (bicyclic) bond motifs is 1. The molecule has 2 heterocycles. The lowest BCUT2D eigenvalue weighted by molar-refractivity contribution is 1.01. The van der Waals surface area contributed by atoms with Crippen LogP contribution in [-0.2, 0) is 0 Å². The van der Waals surface area contributed by atoms with Crippen LogP contribution in [0.1, 0.15) is 11.3 Å². The molecular formula is C14H12ClN5. The summed E-state index contributed by atoms with van der Waals surface area (Å²) < 4.78 is 0. The number of hydrogen-bond donors (Lipinski definition) is 1. The van der Waals surface area contributed by atoms with Gasteiger partial charge in [-0.3, -0.25) is 0 Å². The van der Waals surface area contributed by atoms with Crippen LogP contribution in [-0.4, -0.2) is 20.2 Å². The van der Waals surface area contributed by atoms with Crippen LogP contribution in [0.25, 0.3) is 10.9 Å². The summed E-state index contributed by atoms with van der Waals surface area (Å²) in [4.78, 5) is 8.00. The quantitative estimate of drug-likeness (QED) is 0.731. The highest BCUT2D eigenvalue weighted by atomic mass is 35.5. The van der Waals surface area contributed by atoms with Crippen molar-refractivity contribution >= 4 is 34.0 Å². The maximum atomic E-state index is 5.80. The molecule has 0 aliphatic rings. The number of halogens is 1. The molecule has 0 fully saturated rings. The Morgan fingerprint density at radius 2 is 1.95 bits per heavy atom. The highest BCUT2D eigenvalue weighted by molar-refractivity contribution is 6.28. The molecule has 1 aromatic carbocycles. The molecule has 0 saturated heterocycles. The fraction of sp³-hybridized carbons (Fsp3) is 0.143. The van der Waals surface area contributed by atoms with E-state index in [-0.39, 0.29) is 5.28 Å². The van der Waals surface area contributed by atoms with Crippen molar-refractivity contribution in [2.75, 3.05) is 5.32 Å². The number of benzene rings is 1. The number of aromatic nitrogens is 4. The molecule has 0 spiro atoms. The van der Waals surface area contributed by atoms with Crippen molar-refractivity contribution in [1.82, 2.24) is 20.2 Å². The molecule has 0 radical (unpaired) electrons. The molecule has 0 unspecified atom stereocenters. The Bertz CT molecular complexity index is 788. The zero-order valence-corrected chi connectivity index (χ0v) is 11.8. The topological polar surface area (TPSA) is 63.6 Å². The second-order valence-corrected chi connectivity index (χ2v) is 4.81. The molecule has 0 aliphatic carbocycles. The first-order valence-corrected chi connectivity index (χ1v) is 6.51. The first kappa shape index (κ1) is 12.7.